The number of nitro groups is 1. The molecule has 98 valence electrons. The molecule has 1 N–H and O–H groups in total. The number of nitro benzene ring substituents is 1. The number of aromatic amines is 1. The van der Waals surface area contributed by atoms with E-state index in [1.807, 2.05) is 0 Å². The van der Waals surface area contributed by atoms with Crippen LogP contribution in [0.4, 0.5) is 5.69 Å². The summed E-state index contributed by atoms with van der Waals surface area (Å²) < 4.78 is 5.17. The Balaban J connectivity index is 2.17. The number of aryl methyl sites for hydroxylation is 2. The van der Waals surface area contributed by atoms with E-state index in [0.29, 0.717) is 5.56 Å². The summed E-state index contributed by atoms with van der Waals surface area (Å²) in [5, 5.41) is 10.5. The van der Waals surface area contributed by atoms with Gasteiger partial charge in [-0.05, 0) is 31.5 Å². The maximum atomic E-state index is 12.0. The highest BCUT2D eigenvalue weighted by molar-refractivity contribution is 5.93. The second-order valence-corrected chi connectivity index (χ2v) is 4.11. The number of H-pyrrole nitrogens is 1. The van der Waals surface area contributed by atoms with E-state index in [4.69, 9.17) is 4.74 Å². The molecule has 0 radical (unpaired) electrons. The molecule has 0 fully saturated rings. The molecule has 0 spiro atoms. The van der Waals surface area contributed by atoms with E-state index in [9.17, 15) is 14.9 Å². The Morgan fingerprint density at radius 3 is 2.37 bits per heavy atom. The Morgan fingerprint density at radius 2 is 1.89 bits per heavy atom. The maximum Gasteiger partial charge on any atom is 0.345 e. The smallest absolute Gasteiger partial charge is 0.345 e. The van der Waals surface area contributed by atoms with Crippen molar-refractivity contribution in [2.24, 2.45) is 0 Å². The SMILES string of the molecule is Cc1c[nH]c(C)c1C(=O)Oc1ccc([N+](=O)[O-])cc1. The minimum absolute atomic E-state index is 0.0474. The second-order valence-electron chi connectivity index (χ2n) is 4.11. The number of ether oxygens (including phenoxy) is 1. The lowest BCUT2D eigenvalue weighted by atomic mass is 10.2. The molecular formula is C13H12N2O4. The molecule has 0 saturated heterocycles. The summed E-state index contributed by atoms with van der Waals surface area (Å²) in [4.78, 5) is 24.9. The van der Waals surface area contributed by atoms with Gasteiger partial charge in [0.25, 0.3) is 5.69 Å². The summed E-state index contributed by atoms with van der Waals surface area (Å²) in [7, 11) is 0. The average molecular weight is 260 g/mol. The Hall–Kier alpha value is -2.63. The summed E-state index contributed by atoms with van der Waals surface area (Å²) in [5.41, 5.74) is 1.96. The predicted octanol–water partition coefficient (Wildman–Crippen LogP) is 2.76. The topological polar surface area (TPSA) is 85.2 Å². The Bertz CT molecular complexity index is 609. The third-order valence-corrected chi connectivity index (χ3v) is 2.74. The van der Waals surface area contributed by atoms with E-state index in [1.54, 1.807) is 20.0 Å². The van der Waals surface area contributed by atoms with E-state index >= 15 is 0 Å². The maximum absolute atomic E-state index is 12.0. The first-order chi connectivity index (χ1) is 8.99. The van der Waals surface area contributed by atoms with Crippen LogP contribution in [-0.4, -0.2) is 15.9 Å². The molecular weight excluding hydrogens is 248 g/mol. The number of hydrogen-bond donors (Lipinski definition) is 1. The lowest BCUT2D eigenvalue weighted by Gasteiger charge is -2.04. The first-order valence-electron chi connectivity index (χ1n) is 5.60. The minimum Gasteiger partial charge on any atom is -0.423 e. The number of carbonyl (C=O) groups excluding carboxylic acids is 1. The van der Waals surface area contributed by atoms with Crippen molar-refractivity contribution in [2.75, 3.05) is 0 Å². The van der Waals surface area contributed by atoms with Gasteiger partial charge in [0, 0.05) is 24.0 Å². The Labute approximate surface area is 109 Å². The van der Waals surface area contributed by atoms with Crippen LogP contribution in [0.1, 0.15) is 21.6 Å². The van der Waals surface area contributed by atoms with Gasteiger partial charge < -0.3 is 9.72 Å². The van der Waals surface area contributed by atoms with E-state index in [1.165, 1.54) is 24.3 Å². The number of nitrogens with zero attached hydrogens (tertiary/aromatic N) is 1. The van der Waals surface area contributed by atoms with Gasteiger partial charge in [-0.1, -0.05) is 0 Å². The first-order valence-corrected chi connectivity index (χ1v) is 5.60. The van der Waals surface area contributed by atoms with Crippen molar-refractivity contribution in [3.05, 3.63) is 57.4 Å². The van der Waals surface area contributed by atoms with Gasteiger partial charge in [-0.25, -0.2) is 4.79 Å². The van der Waals surface area contributed by atoms with Crippen molar-refractivity contribution in [3.8, 4) is 5.75 Å². The van der Waals surface area contributed by atoms with Crippen LogP contribution in [0.2, 0.25) is 0 Å². The first kappa shape index (κ1) is 12.8. The van der Waals surface area contributed by atoms with Gasteiger partial charge in [0.2, 0.25) is 0 Å². The summed E-state index contributed by atoms with van der Waals surface area (Å²) in [6.45, 7) is 3.58. The van der Waals surface area contributed by atoms with Crippen LogP contribution in [0.3, 0.4) is 0 Å². The lowest BCUT2D eigenvalue weighted by Crippen LogP contribution is -2.10. The van der Waals surface area contributed by atoms with E-state index in [-0.39, 0.29) is 11.4 Å². The molecule has 2 rings (SSSR count). The number of non-ortho nitro benzene ring substituents is 1. The molecule has 0 aliphatic rings. The zero-order chi connectivity index (χ0) is 14.0. The number of carbonyl (C=O) groups is 1. The molecule has 0 saturated carbocycles. The van der Waals surface area contributed by atoms with Crippen LogP contribution in [0.5, 0.6) is 5.75 Å². The fraction of sp³-hybridized carbons (Fsp3) is 0.154. The van der Waals surface area contributed by atoms with E-state index < -0.39 is 10.9 Å². The summed E-state index contributed by atoms with van der Waals surface area (Å²) in [6.07, 6.45) is 1.72. The molecule has 2 aromatic rings. The number of rotatable bonds is 3. The van der Waals surface area contributed by atoms with Crippen LogP contribution in [0.15, 0.2) is 30.5 Å². The monoisotopic (exact) mass is 260 g/mol. The van der Waals surface area contributed by atoms with Gasteiger partial charge in [0.1, 0.15) is 5.75 Å². The average Bonchev–Trinajstić information content (AvgIpc) is 2.69. The zero-order valence-electron chi connectivity index (χ0n) is 10.5. The number of aromatic nitrogens is 1. The standard InChI is InChI=1S/C13H12N2O4/c1-8-7-14-9(2)12(8)13(16)19-11-5-3-10(4-6-11)15(17)18/h3-7,14H,1-2H3. The predicted molar refractivity (Wildman–Crippen MR) is 68.3 cm³/mol. The summed E-state index contributed by atoms with van der Waals surface area (Å²) >= 11 is 0. The van der Waals surface area contributed by atoms with Gasteiger partial charge in [-0.2, -0.15) is 0 Å². The van der Waals surface area contributed by atoms with Gasteiger partial charge >= 0.3 is 5.97 Å². The molecule has 0 atom stereocenters. The largest absolute Gasteiger partial charge is 0.423 e. The van der Waals surface area contributed by atoms with Crippen LogP contribution < -0.4 is 4.74 Å². The third kappa shape index (κ3) is 2.62. The highest BCUT2D eigenvalue weighted by Crippen LogP contribution is 2.20. The second kappa shape index (κ2) is 4.93. The van der Waals surface area contributed by atoms with Gasteiger partial charge in [0.15, 0.2) is 0 Å². The molecule has 1 heterocycles. The zero-order valence-corrected chi connectivity index (χ0v) is 10.5. The van der Waals surface area contributed by atoms with Gasteiger partial charge in [-0.15, -0.1) is 0 Å². The highest BCUT2D eigenvalue weighted by Gasteiger charge is 2.16. The normalized spacial score (nSPS) is 10.2. The quantitative estimate of drug-likeness (QED) is 0.398. The minimum atomic E-state index is -0.508. The molecule has 19 heavy (non-hydrogen) atoms. The number of hydrogen-bond acceptors (Lipinski definition) is 4. The van der Waals surface area contributed by atoms with Crippen molar-refractivity contribution >= 4 is 11.7 Å². The number of benzene rings is 1. The van der Waals surface area contributed by atoms with Crippen LogP contribution in [-0.2, 0) is 0 Å². The molecule has 0 unspecified atom stereocenters. The molecule has 0 aliphatic heterocycles. The summed E-state index contributed by atoms with van der Waals surface area (Å²) in [5.74, 6) is -0.208. The van der Waals surface area contributed by atoms with Crippen molar-refractivity contribution in [1.29, 1.82) is 0 Å². The van der Waals surface area contributed by atoms with E-state index in [0.717, 1.165) is 11.3 Å². The van der Waals surface area contributed by atoms with Crippen LogP contribution in [0, 0.1) is 24.0 Å². The van der Waals surface area contributed by atoms with Crippen LogP contribution in [0.25, 0.3) is 0 Å². The van der Waals surface area contributed by atoms with Crippen LogP contribution >= 0.6 is 0 Å². The Kier molecular flexibility index (Phi) is 3.33. The van der Waals surface area contributed by atoms with Crippen molar-refractivity contribution in [2.45, 2.75) is 13.8 Å². The highest BCUT2D eigenvalue weighted by atomic mass is 16.6. The molecule has 1 aromatic carbocycles. The van der Waals surface area contributed by atoms with Crippen molar-refractivity contribution in [1.82, 2.24) is 4.98 Å². The molecule has 0 aliphatic carbocycles. The molecule has 6 heteroatoms. The van der Waals surface area contributed by atoms with E-state index in [2.05, 4.69) is 4.98 Å². The fourth-order valence-electron chi connectivity index (χ4n) is 1.76. The number of esters is 1. The van der Waals surface area contributed by atoms with Gasteiger partial charge in [0.05, 0.1) is 10.5 Å². The molecule has 0 bridgehead atoms. The molecule has 1 aromatic heterocycles. The number of nitrogens with one attached hydrogen (secondary N) is 1. The van der Waals surface area contributed by atoms with Crippen molar-refractivity contribution in [3.63, 3.8) is 0 Å². The van der Waals surface area contributed by atoms with Crippen molar-refractivity contribution < 1.29 is 14.5 Å². The fourth-order valence-corrected chi connectivity index (χ4v) is 1.76. The third-order valence-electron chi connectivity index (χ3n) is 2.74. The molecule has 6 nitrogen and oxygen atoms in total. The lowest BCUT2D eigenvalue weighted by molar-refractivity contribution is -0.384. The Morgan fingerprint density at radius 1 is 1.26 bits per heavy atom. The van der Waals surface area contributed by atoms with Gasteiger partial charge in [-0.3, -0.25) is 10.1 Å². The summed E-state index contributed by atoms with van der Waals surface area (Å²) in [6, 6.07) is 5.37. The molecule has 0 amide bonds.